The van der Waals surface area contributed by atoms with E-state index < -0.39 is 5.97 Å². The maximum atomic E-state index is 12.9. The van der Waals surface area contributed by atoms with E-state index in [0.717, 1.165) is 36.6 Å². The molecule has 3 aromatic heterocycles. The molecule has 4 rings (SSSR count). The summed E-state index contributed by atoms with van der Waals surface area (Å²) in [4.78, 5) is 39.7. The van der Waals surface area contributed by atoms with Crippen LogP contribution < -0.4 is 10.2 Å². The van der Waals surface area contributed by atoms with Gasteiger partial charge in [0.1, 0.15) is 12.1 Å². The summed E-state index contributed by atoms with van der Waals surface area (Å²) in [6.45, 7) is 7.28. The predicted molar refractivity (Wildman–Crippen MR) is 120 cm³/mol. The van der Waals surface area contributed by atoms with Crippen LogP contribution in [0.1, 0.15) is 41.6 Å². The van der Waals surface area contributed by atoms with E-state index in [1.165, 1.54) is 17.7 Å². The molecule has 1 saturated heterocycles. The first-order chi connectivity index (χ1) is 15.4. The van der Waals surface area contributed by atoms with Crippen LogP contribution >= 0.6 is 11.3 Å². The van der Waals surface area contributed by atoms with Crippen LogP contribution in [0.5, 0.6) is 0 Å². The van der Waals surface area contributed by atoms with Crippen molar-refractivity contribution >= 4 is 34.2 Å². The summed E-state index contributed by atoms with van der Waals surface area (Å²) >= 11 is 1.21. The highest BCUT2D eigenvalue weighted by molar-refractivity contribution is 7.14. The summed E-state index contributed by atoms with van der Waals surface area (Å²) in [7, 11) is 0. The van der Waals surface area contributed by atoms with E-state index in [-0.39, 0.29) is 24.1 Å². The number of hydrogen-bond donors (Lipinski definition) is 1. The van der Waals surface area contributed by atoms with Crippen LogP contribution in [0.3, 0.4) is 0 Å². The highest BCUT2D eigenvalue weighted by Gasteiger charge is 2.28. The molecule has 0 aliphatic carbocycles. The number of hydrogen-bond acceptors (Lipinski definition) is 9. The lowest BCUT2D eigenvalue weighted by molar-refractivity contribution is -0.120. The number of aromatic nitrogens is 5. The quantitative estimate of drug-likeness (QED) is 0.564. The Morgan fingerprint density at radius 3 is 2.81 bits per heavy atom. The second kappa shape index (κ2) is 9.43. The van der Waals surface area contributed by atoms with E-state index in [9.17, 15) is 9.59 Å². The molecule has 0 bridgehead atoms. The molecule has 0 saturated carbocycles. The number of carbonyl (C=O) groups is 2. The van der Waals surface area contributed by atoms with Crippen molar-refractivity contribution < 1.29 is 14.3 Å². The summed E-state index contributed by atoms with van der Waals surface area (Å²) in [5, 5.41) is 9.30. The molecule has 168 valence electrons. The zero-order chi connectivity index (χ0) is 22.7. The molecule has 1 N–H and O–H groups in total. The second-order valence-electron chi connectivity index (χ2n) is 7.61. The van der Waals surface area contributed by atoms with Gasteiger partial charge in [0.25, 0.3) is 0 Å². The Hall–Kier alpha value is -3.34. The molecule has 0 aromatic carbocycles. The van der Waals surface area contributed by atoms with Crippen molar-refractivity contribution in [3.8, 4) is 5.82 Å². The molecule has 0 radical (unpaired) electrons. The number of carbonyl (C=O) groups excluding carboxylic acids is 2. The van der Waals surface area contributed by atoms with Gasteiger partial charge in [-0.25, -0.2) is 24.4 Å². The number of nitrogens with one attached hydrogen (secondary N) is 1. The summed E-state index contributed by atoms with van der Waals surface area (Å²) in [6, 6.07) is 3.89. The van der Waals surface area contributed by atoms with Crippen LogP contribution in [0.2, 0.25) is 0 Å². The van der Waals surface area contributed by atoms with Gasteiger partial charge in [0, 0.05) is 30.2 Å². The smallest absolute Gasteiger partial charge is 0.357 e. The number of rotatable bonds is 6. The Kier molecular flexibility index (Phi) is 6.45. The first kappa shape index (κ1) is 21.9. The predicted octanol–water partition coefficient (Wildman–Crippen LogP) is 2.77. The fourth-order valence-corrected chi connectivity index (χ4v) is 4.41. The minimum atomic E-state index is -0.490. The number of thiazole rings is 1. The summed E-state index contributed by atoms with van der Waals surface area (Å²) in [5.74, 6) is 0.633. The molecule has 1 fully saturated rings. The van der Waals surface area contributed by atoms with Crippen molar-refractivity contribution in [3.05, 3.63) is 40.9 Å². The van der Waals surface area contributed by atoms with Crippen molar-refractivity contribution in [2.45, 2.75) is 33.6 Å². The Labute approximate surface area is 189 Å². The van der Waals surface area contributed by atoms with Crippen LogP contribution in [0.4, 0.5) is 10.9 Å². The van der Waals surface area contributed by atoms with E-state index >= 15 is 0 Å². The highest BCUT2D eigenvalue weighted by Crippen LogP contribution is 2.25. The van der Waals surface area contributed by atoms with Crippen molar-refractivity contribution in [2.24, 2.45) is 5.92 Å². The van der Waals surface area contributed by atoms with Gasteiger partial charge in [-0.1, -0.05) is 0 Å². The molecule has 0 spiro atoms. The molecule has 1 amide bonds. The second-order valence-corrected chi connectivity index (χ2v) is 8.46. The molecule has 10 nitrogen and oxygen atoms in total. The van der Waals surface area contributed by atoms with Gasteiger partial charge < -0.3 is 15.0 Å². The van der Waals surface area contributed by atoms with Gasteiger partial charge >= 0.3 is 5.97 Å². The number of amides is 1. The number of ether oxygens (including phenoxy) is 1. The lowest BCUT2D eigenvalue weighted by Gasteiger charge is -2.32. The third-order valence-corrected chi connectivity index (χ3v) is 5.96. The molecular weight excluding hydrogens is 430 g/mol. The maximum absolute atomic E-state index is 12.9. The minimum Gasteiger partial charge on any atom is -0.461 e. The molecule has 1 unspecified atom stereocenters. The number of nitrogens with zero attached hydrogens (tertiary/aromatic N) is 6. The minimum absolute atomic E-state index is 0.118. The Bertz CT molecular complexity index is 1130. The lowest BCUT2D eigenvalue weighted by Crippen LogP contribution is -2.41. The average Bonchev–Trinajstić information content (AvgIpc) is 3.40. The monoisotopic (exact) mass is 455 g/mol. The third kappa shape index (κ3) is 4.77. The van der Waals surface area contributed by atoms with Crippen molar-refractivity contribution in [1.29, 1.82) is 0 Å². The summed E-state index contributed by atoms with van der Waals surface area (Å²) in [6.07, 6.45) is 3.16. The average molecular weight is 456 g/mol. The van der Waals surface area contributed by atoms with E-state index in [2.05, 4.69) is 30.3 Å². The zero-order valence-electron chi connectivity index (χ0n) is 18.2. The number of anilines is 2. The molecule has 1 aliphatic rings. The summed E-state index contributed by atoms with van der Waals surface area (Å²) in [5.41, 5.74) is 2.12. The van der Waals surface area contributed by atoms with Crippen LogP contribution in [-0.4, -0.2) is 56.3 Å². The largest absolute Gasteiger partial charge is 0.461 e. The zero-order valence-corrected chi connectivity index (χ0v) is 19.1. The Morgan fingerprint density at radius 2 is 2.06 bits per heavy atom. The van der Waals surface area contributed by atoms with E-state index in [1.807, 2.05) is 26.0 Å². The molecule has 1 atom stereocenters. The van der Waals surface area contributed by atoms with Gasteiger partial charge in [-0.05, 0) is 39.7 Å². The number of aryl methyl sites for hydroxylation is 2. The van der Waals surface area contributed by atoms with Gasteiger partial charge in [0.05, 0.1) is 18.2 Å². The van der Waals surface area contributed by atoms with Gasteiger partial charge in [0.15, 0.2) is 16.6 Å². The molecular formula is C21H25N7O3S. The van der Waals surface area contributed by atoms with E-state index in [4.69, 9.17) is 4.74 Å². The molecule has 4 heterocycles. The van der Waals surface area contributed by atoms with Gasteiger partial charge in [-0.3, -0.25) is 4.79 Å². The van der Waals surface area contributed by atoms with Gasteiger partial charge in [-0.15, -0.1) is 11.3 Å². The fraction of sp³-hybridized carbons (Fsp3) is 0.429. The van der Waals surface area contributed by atoms with Crippen molar-refractivity contribution in [2.75, 3.05) is 29.9 Å². The van der Waals surface area contributed by atoms with Crippen LogP contribution in [0.15, 0.2) is 23.8 Å². The van der Waals surface area contributed by atoms with E-state index in [1.54, 1.807) is 17.0 Å². The first-order valence-electron chi connectivity index (χ1n) is 10.5. The van der Waals surface area contributed by atoms with Gasteiger partial charge in [-0.2, -0.15) is 5.10 Å². The van der Waals surface area contributed by atoms with Gasteiger partial charge in [0.2, 0.25) is 5.91 Å². The Balaban J connectivity index is 1.43. The topological polar surface area (TPSA) is 115 Å². The molecule has 1 aliphatic heterocycles. The number of piperidine rings is 1. The van der Waals surface area contributed by atoms with Crippen LogP contribution in [-0.2, 0) is 9.53 Å². The van der Waals surface area contributed by atoms with E-state index in [0.29, 0.717) is 17.5 Å². The third-order valence-electron chi connectivity index (χ3n) is 5.20. The normalized spacial score (nSPS) is 16.1. The highest BCUT2D eigenvalue weighted by atomic mass is 32.1. The molecule has 32 heavy (non-hydrogen) atoms. The fourth-order valence-electron chi connectivity index (χ4n) is 3.72. The van der Waals surface area contributed by atoms with Crippen molar-refractivity contribution in [3.63, 3.8) is 0 Å². The first-order valence-corrected chi connectivity index (χ1v) is 11.4. The Morgan fingerprint density at radius 1 is 1.25 bits per heavy atom. The standard InChI is InChI=1S/C21H25N7O3S/c1-4-31-20(30)16-11-32-21(24-16)25-19(29)15-6-5-7-27(10-15)17-9-18(23-12-22-17)28-14(3)8-13(2)26-28/h8-9,11-12,15H,4-7,10H2,1-3H3,(H,24,25,29). The maximum Gasteiger partial charge on any atom is 0.357 e. The van der Waals surface area contributed by atoms with Crippen LogP contribution in [0, 0.1) is 19.8 Å². The lowest BCUT2D eigenvalue weighted by atomic mass is 9.97. The van der Waals surface area contributed by atoms with Crippen LogP contribution in [0.25, 0.3) is 5.82 Å². The number of esters is 1. The van der Waals surface area contributed by atoms with Crippen molar-refractivity contribution in [1.82, 2.24) is 24.7 Å². The molecule has 3 aromatic rings. The molecule has 11 heteroatoms. The SMILES string of the molecule is CCOC(=O)c1csc(NC(=O)C2CCCN(c3cc(-n4nc(C)cc4C)ncn3)C2)n1. The summed E-state index contributed by atoms with van der Waals surface area (Å²) < 4.78 is 6.73.